The summed E-state index contributed by atoms with van der Waals surface area (Å²) in [6.45, 7) is 1.14. The number of alkyl halides is 1. The Bertz CT molecular complexity index is 382. The molecule has 0 radical (unpaired) electrons. The van der Waals surface area contributed by atoms with Gasteiger partial charge in [0.15, 0.2) is 0 Å². The molecular weight excluding hydrogens is 293 g/mol. The van der Waals surface area contributed by atoms with Crippen molar-refractivity contribution in [3.05, 3.63) is 34.3 Å². The molecule has 1 amide bonds. The van der Waals surface area contributed by atoms with Crippen molar-refractivity contribution in [2.75, 3.05) is 12.4 Å². The van der Waals surface area contributed by atoms with Gasteiger partial charge in [-0.2, -0.15) is 0 Å². The van der Waals surface area contributed by atoms with E-state index in [1.54, 1.807) is 4.90 Å². The number of carbonyl (C=O) groups is 1. The van der Waals surface area contributed by atoms with E-state index >= 15 is 0 Å². The molecular formula is C11H11BrClNO2. The fourth-order valence-corrected chi connectivity index (χ4v) is 2.02. The van der Waals surface area contributed by atoms with Crippen LogP contribution in [0.15, 0.2) is 28.7 Å². The maximum atomic E-state index is 11.5. The first-order valence-corrected chi connectivity index (χ1v) is 6.28. The predicted octanol–water partition coefficient (Wildman–Crippen LogP) is 3.01. The van der Waals surface area contributed by atoms with Gasteiger partial charge in [0.2, 0.25) is 0 Å². The summed E-state index contributed by atoms with van der Waals surface area (Å²) < 4.78 is 6.09. The van der Waals surface area contributed by atoms with Gasteiger partial charge in [0.1, 0.15) is 6.10 Å². The van der Waals surface area contributed by atoms with E-state index < -0.39 is 0 Å². The van der Waals surface area contributed by atoms with Crippen molar-refractivity contribution < 1.29 is 9.53 Å². The number of rotatable bonds is 3. The molecule has 0 aromatic heterocycles. The fraction of sp³-hybridized carbons (Fsp3) is 0.364. The molecule has 0 spiro atoms. The maximum absolute atomic E-state index is 11.5. The van der Waals surface area contributed by atoms with Gasteiger partial charge in [-0.3, -0.25) is 0 Å². The second-order valence-electron chi connectivity index (χ2n) is 3.67. The number of benzene rings is 1. The smallest absolute Gasteiger partial charge is 0.410 e. The Morgan fingerprint density at radius 2 is 2.12 bits per heavy atom. The third kappa shape index (κ3) is 2.68. The van der Waals surface area contributed by atoms with E-state index in [2.05, 4.69) is 15.9 Å². The zero-order valence-corrected chi connectivity index (χ0v) is 10.9. The van der Waals surface area contributed by atoms with Gasteiger partial charge in [-0.15, -0.1) is 11.6 Å². The van der Waals surface area contributed by atoms with Crippen molar-refractivity contribution in [3.63, 3.8) is 0 Å². The lowest BCUT2D eigenvalue weighted by Gasteiger charge is -2.12. The molecule has 1 aliphatic rings. The van der Waals surface area contributed by atoms with Crippen LogP contribution in [-0.4, -0.2) is 29.5 Å². The van der Waals surface area contributed by atoms with Crippen LogP contribution in [0, 0.1) is 0 Å². The highest BCUT2D eigenvalue weighted by molar-refractivity contribution is 9.10. The molecule has 1 atom stereocenters. The second kappa shape index (κ2) is 5.06. The Labute approximate surface area is 107 Å². The highest BCUT2D eigenvalue weighted by atomic mass is 79.9. The lowest BCUT2D eigenvalue weighted by molar-refractivity contribution is 0.138. The monoisotopic (exact) mass is 303 g/mol. The molecule has 0 N–H and O–H groups in total. The van der Waals surface area contributed by atoms with Gasteiger partial charge in [0.25, 0.3) is 0 Å². The van der Waals surface area contributed by atoms with Crippen molar-refractivity contribution in [1.29, 1.82) is 0 Å². The number of nitrogens with zero attached hydrogens (tertiary/aromatic N) is 1. The summed E-state index contributed by atoms with van der Waals surface area (Å²) in [4.78, 5) is 13.1. The normalized spacial score (nSPS) is 20.0. The molecule has 5 heteroatoms. The van der Waals surface area contributed by atoms with Gasteiger partial charge in [-0.1, -0.05) is 28.1 Å². The molecule has 1 aromatic carbocycles. The number of cyclic esters (lactones) is 1. The minimum Gasteiger partial charge on any atom is -0.443 e. The number of carbonyl (C=O) groups excluding carboxylic acids is 1. The quantitative estimate of drug-likeness (QED) is 0.803. The molecule has 0 bridgehead atoms. The van der Waals surface area contributed by atoms with Crippen LogP contribution in [0.2, 0.25) is 0 Å². The summed E-state index contributed by atoms with van der Waals surface area (Å²) in [5, 5.41) is 0. The first kappa shape index (κ1) is 11.7. The zero-order chi connectivity index (χ0) is 11.5. The summed E-state index contributed by atoms with van der Waals surface area (Å²) in [7, 11) is 0. The van der Waals surface area contributed by atoms with Crippen LogP contribution in [-0.2, 0) is 11.3 Å². The number of ether oxygens (including phenoxy) is 1. The largest absolute Gasteiger partial charge is 0.443 e. The topological polar surface area (TPSA) is 29.5 Å². The third-order valence-electron chi connectivity index (χ3n) is 2.41. The van der Waals surface area contributed by atoms with Crippen LogP contribution in [0.5, 0.6) is 0 Å². The Hall–Kier alpha value is -0.740. The Morgan fingerprint density at radius 3 is 2.69 bits per heavy atom. The molecule has 1 heterocycles. The molecule has 1 unspecified atom stereocenters. The maximum Gasteiger partial charge on any atom is 0.410 e. The fourth-order valence-electron chi connectivity index (χ4n) is 1.59. The van der Waals surface area contributed by atoms with E-state index in [9.17, 15) is 4.79 Å². The number of halogens is 2. The van der Waals surface area contributed by atoms with Crippen molar-refractivity contribution >= 4 is 33.6 Å². The van der Waals surface area contributed by atoms with Gasteiger partial charge in [-0.05, 0) is 17.7 Å². The van der Waals surface area contributed by atoms with Gasteiger partial charge < -0.3 is 9.64 Å². The summed E-state index contributed by atoms with van der Waals surface area (Å²) in [5.74, 6) is 0.350. The lowest BCUT2D eigenvalue weighted by atomic mass is 10.2. The van der Waals surface area contributed by atoms with Crippen LogP contribution in [0.4, 0.5) is 4.79 Å². The molecule has 1 aromatic rings. The molecule has 0 aliphatic carbocycles. The SMILES string of the molecule is O=C1OC(CCl)CN1Cc1ccc(Br)cc1. The van der Waals surface area contributed by atoms with E-state index in [0.717, 1.165) is 10.0 Å². The molecule has 16 heavy (non-hydrogen) atoms. The summed E-state index contributed by atoms with van der Waals surface area (Å²) in [6, 6.07) is 7.86. The second-order valence-corrected chi connectivity index (χ2v) is 4.89. The van der Waals surface area contributed by atoms with Crippen molar-refractivity contribution in [3.8, 4) is 0 Å². The van der Waals surface area contributed by atoms with Crippen molar-refractivity contribution in [1.82, 2.24) is 4.90 Å². The van der Waals surface area contributed by atoms with E-state index in [1.807, 2.05) is 24.3 Å². The average molecular weight is 305 g/mol. The lowest BCUT2D eigenvalue weighted by Crippen LogP contribution is -2.24. The Kier molecular flexibility index (Phi) is 3.71. The summed E-state index contributed by atoms with van der Waals surface area (Å²) in [5.41, 5.74) is 1.08. The highest BCUT2D eigenvalue weighted by Crippen LogP contribution is 2.17. The zero-order valence-electron chi connectivity index (χ0n) is 8.53. The highest BCUT2D eigenvalue weighted by Gasteiger charge is 2.30. The Morgan fingerprint density at radius 1 is 1.44 bits per heavy atom. The van der Waals surface area contributed by atoms with Crippen LogP contribution < -0.4 is 0 Å². The molecule has 2 rings (SSSR count). The molecule has 1 aliphatic heterocycles. The van der Waals surface area contributed by atoms with Crippen molar-refractivity contribution in [2.24, 2.45) is 0 Å². The third-order valence-corrected chi connectivity index (χ3v) is 3.28. The van der Waals surface area contributed by atoms with E-state index in [4.69, 9.17) is 16.3 Å². The first-order valence-electron chi connectivity index (χ1n) is 4.95. The minimum atomic E-state index is -0.284. The standard InChI is InChI=1S/C11H11BrClNO2/c12-9-3-1-8(2-4-9)6-14-7-10(5-13)16-11(14)15/h1-4,10H,5-7H2. The van der Waals surface area contributed by atoms with E-state index in [0.29, 0.717) is 19.0 Å². The van der Waals surface area contributed by atoms with Gasteiger partial charge in [-0.25, -0.2) is 4.79 Å². The first-order chi connectivity index (χ1) is 7.69. The molecule has 86 valence electrons. The predicted molar refractivity (Wildman–Crippen MR) is 65.5 cm³/mol. The molecule has 0 saturated carbocycles. The minimum absolute atomic E-state index is 0.176. The van der Waals surface area contributed by atoms with Crippen LogP contribution in [0.25, 0.3) is 0 Å². The average Bonchev–Trinajstić information content (AvgIpc) is 2.63. The van der Waals surface area contributed by atoms with Gasteiger partial charge in [0.05, 0.1) is 12.4 Å². The van der Waals surface area contributed by atoms with Crippen LogP contribution in [0.3, 0.4) is 0 Å². The number of amides is 1. The van der Waals surface area contributed by atoms with Gasteiger partial charge >= 0.3 is 6.09 Å². The molecule has 3 nitrogen and oxygen atoms in total. The van der Waals surface area contributed by atoms with E-state index in [-0.39, 0.29) is 12.2 Å². The summed E-state index contributed by atoms with van der Waals surface area (Å²) >= 11 is 9.02. The summed E-state index contributed by atoms with van der Waals surface area (Å²) in [6.07, 6.45) is -0.460. The van der Waals surface area contributed by atoms with Gasteiger partial charge in [0, 0.05) is 11.0 Å². The van der Waals surface area contributed by atoms with Crippen LogP contribution >= 0.6 is 27.5 Å². The number of hydrogen-bond donors (Lipinski definition) is 0. The van der Waals surface area contributed by atoms with Crippen molar-refractivity contribution in [2.45, 2.75) is 12.6 Å². The molecule has 1 fully saturated rings. The number of hydrogen-bond acceptors (Lipinski definition) is 2. The molecule has 1 saturated heterocycles. The van der Waals surface area contributed by atoms with Crippen LogP contribution in [0.1, 0.15) is 5.56 Å². The Balaban J connectivity index is 2.00. The van der Waals surface area contributed by atoms with E-state index in [1.165, 1.54) is 0 Å².